The third-order valence-corrected chi connectivity index (χ3v) is 3.75. The van der Waals surface area contributed by atoms with Gasteiger partial charge in [0.1, 0.15) is 6.04 Å². The Morgan fingerprint density at radius 2 is 2.21 bits per heavy atom. The van der Waals surface area contributed by atoms with Crippen molar-refractivity contribution in [1.82, 2.24) is 10.3 Å². The largest absolute Gasteiger partial charge is 0.480 e. The van der Waals surface area contributed by atoms with Crippen LogP contribution in [0, 0.1) is 5.92 Å². The molecule has 3 rings (SSSR count). The highest BCUT2D eigenvalue weighted by molar-refractivity contribution is 5.84. The highest BCUT2D eigenvalue weighted by atomic mass is 16.4. The number of aromatic amines is 1. The molecule has 1 aliphatic rings. The molecule has 0 amide bonds. The molecule has 1 fully saturated rings. The number of para-hydroxylation sites is 1. The summed E-state index contributed by atoms with van der Waals surface area (Å²) in [5.41, 5.74) is 2.12. The molecule has 0 spiro atoms. The van der Waals surface area contributed by atoms with Crippen molar-refractivity contribution in [3.05, 3.63) is 36.0 Å². The highest BCUT2D eigenvalue weighted by Crippen LogP contribution is 2.28. The van der Waals surface area contributed by atoms with Crippen LogP contribution in [0.15, 0.2) is 30.5 Å². The molecule has 3 N–H and O–H groups in total. The Kier molecular flexibility index (Phi) is 3.25. The van der Waals surface area contributed by atoms with Crippen LogP contribution in [0.2, 0.25) is 0 Å². The summed E-state index contributed by atoms with van der Waals surface area (Å²) in [7, 11) is 0. The van der Waals surface area contributed by atoms with Crippen LogP contribution in [0.3, 0.4) is 0 Å². The monoisotopic (exact) mass is 258 g/mol. The van der Waals surface area contributed by atoms with E-state index in [0.717, 1.165) is 23.0 Å². The van der Waals surface area contributed by atoms with E-state index in [4.69, 9.17) is 0 Å². The third kappa shape index (κ3) is 2.79. The summed E-state index contributed by atoms with van der Waals surface area (Å²) in [6.07, 6.45) is 4.89. The molecule has 0 aliphatic heterocycles. The van der Waals surface area contributed by atoms with Gasteiger partial charge in [-0.25, -0.2) is 0 Å². The summed E-state index contributed by atoms with van der Waals surface area (Å²) in [5, 5.41) is 13.6. The number of fused-ring (bicyclic) bond motifs is 1. The Morgan fingerprint density at radius 3 is 2.95 bits per heavy atom. The topological polar surface area (TPSA) is 65.1 Å². The van der Waals surface area contributed by atoms with Crippen LogP contribution >= 0.6 is 0 Å². The van der Waals surface area contributed by atoms with E-state index in [1.54, 1.807) is 0 Å². The Labute approximate surface area is 111 Å². The Morgan fingerprint density at radius 1 is 1.42 bits per heavy atom. The molecule has 4 heteroatoms. The molecule has 0 saturated heterocycles. The standard InChI is InChI=1S/C15H18N2O2/c18-15(19)14(16-8-10-5-6-10)7-11-9-17-13-4-2-1-3-12(11)13/h1-4,9-10,14,16-17H,5-8H2,(H,18,19)/t14-/m1/s1. The van der Waals surface area contributed by atoms with Crippen LogP contribution in [-0.4, -0.2) is 28.6 Å². The van der Waals surface area contributed by atoms with Gasteiger partial charge in [-0.3, -0.25) is 4.79 Å². The maximum absolute atomic E-state index is 11.3. The smallest absolute Gasteiger partial charge is 0.321 e. The molecule has 1 aromatic heterocycles. The minimum absolute atomic E-state index is 0.500. The van der Waals surface area contributed by atoms with E-state index in [0.29, 0.717) is 12.3 Å². The van der Waals surface area contributed by atoms with Gasteiger partial charge in [-0.15, -0.1) is 0 Å². The highest BCUT2D eigenvalue weighted by Gasteiger charge is 2.25. The Balaban J connectivity index is 1.74. The van der Waals surface area contributed by atoms with Crippen molar-refractivity contribution >= 4 is 16.9 Å². The number of carboxylic acids is 1. The number of benzene rings is 1. The lowest BCUT2D eigenvalue weighted by Crippen LogP contribution is -2.39. The lowest BCUT2D eigenvalue weighted by Gasteiger charge is -2.13. The summed E-state index contributed by atoms with van der Waals surface area (Å²) in [5.74, 6) is -0.0873. The molecule has 0 unspecified atom stereocenters. The third-order valence-electron chi connectivity index (χ3n) is 3.75. The fraction of sp³-hybridized carbons (Fsp3) is 0.400. The molecule has 100 valence electrons. The van der Waals surface area contributed by atoms with Gasteiger partial charge in [0.05, 0.1) is 0 Å². The van der Waals surface area contributed by atoms with Crippen LogP contribution in [0.4, 0.5) is 0 Å². The van der Waals surface area contributed by atoms with Gasteiger partial charge in [-0.2, -0.15) is 0 Å². The number of hydrogen-bond acceptors (Lipinski definition) is 2. The number of rotatable bonds is 6. The van der Waals surface area contributed by atoms with Crippen molar-refractivity contribution in [2.24, 2.45) is 5.92 Å². The van der Waals surface area contributed by atoms with Crippen LogP contribution < -0.4 is 5.32 Å². The van der Waals surface area contributed by atoms with E-state index in [1.165, 1.54) is 12.8 Å². The zero-order valence-corrected chi connectivity index (χ0v) is 10.7. The van der Waals surface area contributed by atoms with Crippen LogP contribution in [-0.2, 0) is 11.2 Å². The van der Waals surface area contributed by atoms with Gasteiger partial charge in [0, 0.05) is 23.5 Å². The molecular formula is C15H18N2O2. The van der Waals surface area contributed by atoms with Crippen molar-refractivity contribution in [3.8, 4) is 0 Å². The second-order valence-corrected chi connectivity index (χ2v) is 5.31. The van der Waals surface area contributed by atoms with Gasteiger partial charge in [-0.1, -0.05) is 18.2 Å². The number of H-pyrrole nitrogens is 1. The van der Waals surface area contributed by atoms with Gasteiger partial charge >= 0.3 is 5.97 Å². The lowest BCUT2D eigenvalue weighted by atomic mass is 10.0. The number of aliphatic carboxylic acids is 1. The minimum Gasteiger partial charge on any atom is -0.480 e. The SMILES string of the molecule is O=C(O)[C@@H](Cc1c[nH]c2ccccc12)NCC1CC1. The van der Waals surface area contributed by atoms with Gasteiger partial charge in [0.2, 0.25) is 0 Å². The van der Waals surface area contributed by atoms with Crippen molar-refractivity contribution in [1.29, 1.82) is 0 Å². The average Bonchev–Trinajstić information content (AvgIpc) is 3.15. The first kappa shape index (κ1) is 12.2. The molecular weight excluding hydrogens is 240 g/mol. The number of nitrogens with one attached hydrogen (secondary N) is 2. The molecule has 19 heavy (non-hydrogen) atoms. The zero-order chi connectivity index (χ0) is 13.2. The first-order chi connectivity index (χ1) is 9.24. The fourth-order valence-corrected chi connectivity index (χ4v) is 2.40. The van der Waals surface area contributed by atoms with Gasteiger partial charge < -0.3 is 15.4 Å². The zero-order valence-electron chi connectivity index (χ0n) is 10.7. The van der Waals surface area contributed by atoms with Gasteiger partial charge in [0.25, 0.3) is 0 Å². The molecule has 0 radical (unpaired) electrons. The molecule has 1 atom stereocenters. The van der Waals surface area contributed by atoms with Crippen molar-refractivity contribution in [2.75, 3.05) is 6.54 Å². The second-order valence-electron chi connectivity index (χ2n) is 5.31. The normalized spacial score (nSPS) is 16.6. The molecule has 1 aliphatic carbocycles. The molecule has 2 aromatic rings. The summed E-state index contributed by atoms with van der Waals surface area (Å²) in [6.45, 7) is 0.819. The van der Waals surface area contributed by atoms with E-state index >= 15 is 0 Å². The second kappa shape index (κ2) is 5.05. The minimum atomic E-state index is -0.772. The summed E-state index contributed by atoms with van der Waals surface area (Å²) < 4.78 is 0. The summed E-state index contributed by atoms with van der Waals surface area (Å²) in [4.78, 5) is 14.5. The predicted octanol–water partition coefficient (Wildman–Crippen LogP) is 2.16. The van der Waals surface area contributed by atoms with Crippen molar-refractivity contribution in [2.45, 2.75) is 25.3 Å². The van der Waals surface area contributed by atoms with E-state index in [1.807, 2.05) is 30.5 Å². The lowest BCUT2D eigenvalue weighted by molar-refractivity contribution is -0.139. The van der Waals surface area contributed by atoms with Crippen molar-refractivity contribution < 1.29 is 9.90 Å². The predicted molar refractivity (Wildman–Crippen MR) is 74.2 cm³/mol. The molecule has 0 bridgehead atoms. The van der Waals surface area contributed by atoms with Crippen molar-refractivity contribution in [3.63, 3.8) is 0 Å². The Bertz CT molecular complexity index is 587. The first-order valence-corrected chi connectivity index (χ1v) is 6.75. The average molecular weight is 258 g/mol. The maximum Gasteiger partial charge on any atom is 0.321 e. The quantitative estimate of drug-likeness (QED) is 0.744. The first-order valence-electron chi connectivity index (χ1n) is 6.75. The number of hydrogen-bond donors (Lipinski definition) is 3. The van der Waals surface area contributed by atoms with Gasteiger partial charge in [-0.05, 0) is 36.9 Å². The van der Waals surface area contributed by atoms with Crippen LogP contribution in [0.1, 0.15) is 18.4 Å². The number of aromatic nitrogens is 1. The van der Waals surface area contributed by atoms with E-state index in [-0.39, 0.29) is 0 Å². The Hall–Kier alpha value is -1.81. The van der Waals surface area contributed by atoms with Crippen LogP contribution in [0.5, 0.6) is 0 Å². The summed E-state index contributed by atoms with van der Waals surface area (Å²) >= 11 is 0. The van der Waals surface area contributed by atoms with E-state index in [2.05, 4.69) is 10.3 Å². The number of carboxylic acid groups (broad SMARTS) is 1. The molecule has 4 nitrogen and oxygen atoms in total. The van der Waals surface area contributed by atoms with E-state index in [9.17, 15) is 9.90 Å². The number of carbonyl (C=O) groups is 1. The fourth-order valence-electron chi connectivity index (χ4n) is 2.40. The van der Waals surface area contributed by atoms with Crippen LogP contribution in [0.25, 0.3) is 10.9 Å². The molecule has 1 aromatic carbocycles. The molecule has 1 saturated carbocycles. The summed E-state index contributed by atoms with van der Waals surface area (Å²) in [6, 6.07) is 7.49. The maximum atomic E-state index is 11.3. The van der Waals surface area contributed by atoms with Gasteiger partial charge in [0.15, 0.2) is 0 Å². The molecule has 1 heterocycles. The van der Waals surface area contributed by atoms with E-state index < -0.39 is 12.0 Å².